The molecule has 9 heteroatoms. The molecule has 2 atom stereocenters. The zero-order valence-corrected chi connectivity index (χ0v) is 21.3. The predicted molar refractivity (Wildman–Crippen MR) is 129 cm³/mol. The van der Waals surface area contributed by atoms with Crippen LogP contribution in [0.15, 0.2) is 4.99 Å². The maximum Gasteiger partial charge on any atom is 0.407 e. The van der Waals surface area contributed by atoms with E-state index in [1.54, 1.807) is 14.0 Å². The summed E-state index contributed by atoms with van der Waals surface area (Å²) in [6, 6.07) is 0.407. The lowest BCUT2D eigenvalue weighted by molar-refractivity contribution is 0.00752. The Hall–Kier alpha value is -0.810. The number of morpholine rings is 1. The third-order valence-corrected chi connectivity index (χ3v) is 4.86. The highest BCUT2D eigenvalue weighted by atomic mass is 127. The quantitative estimate of drug-likeness (QED) is 0.230. The van der Waals surface area contributed by atoms with Crippen molar-refractivity contribution in [1.82, 2.24) is 20.9 Å². The minimum atomic E-state index is -0.370. The predicted octanol–water partition coefficient (Wildman–Crippen LogP) is 2.29. The van der Waals surface area contributed by atoms with Crippen LogP contribution >= 0.6 is 24.0 Å². The van der Waals surface area contributed by atoms with E-state index < -0.39 is 0 Å². The molecule has 0 aromatic rings. The number of rotatable bonds is 10. The number of guanidine groups is 1. The average Bonchev–Trinajstić information content (AvgIpc) is 2.64. The number of nitrogens with zero attached hydrogens (tertiary/aromatic N) is 2. The first-order valence-corrected chi connectivity index (χ1v) is 10.6. The summed E-state index contributed by atoms with van der Waals surface area (Å²) in [5, 5.41) is 9.73. The second-order valence-corrected chi connectivity index (χ2v) is 7.99. The van der Waals surface area contributed by atoms with Gasteiger partial charge in [0.1, 0.15) is 0 Å². The number of alkyl carbamates (subject to hydrolysis) is 1. The molecule has 8 nitrogen and oxygen atoms in total. The summed E-state index contributed by atoms with van der Waals surface area (Å²) in [6.45, 7) is 15.9. The highest BCUT2D eigenvalue weighted by Crippen LogP contribution is 2.12. The molecule has 2 unspecified atom stereocenters. The molecule has 172 valence electrons. The van der Waals surface area contributed by atoms with E-state index in [-0.39, 0.29) is 36.1 Å². The average molecular weight is 527 g/mol. The van der Waals surface area contributed by atoms with Gasteiger partial charge in [0.25, 0.3) is 0 Å². The van der Waals surface area contributed by atoms with E-state index in [2.05, 4.69) is 53.5 Å². The van der Waals surface area contributed by atoms with E-state index in [1.165, 1.54) is 0 Å². The summed E-state index contributed by atoms with van der Waals surface area (Å²) in [4.78, 5) is 18.6. The van der Waals surface area contributed by atoms with E-state index in [1.807, 2.05) is 0 Å². The van der Waals surface area contributed by atoms with Gasteiger partial charge in [0, 0.05) is 45.3 Å². The molecule has 1 amide bonds. The van der Waals surface area contributed by atoms with Crippen LogP contribution in [-0.4, -0.2) is 82.1 Å². The second-order valence-electron chi connectivity index (χ2n) is 7.99. The fraction of sp³-hybridized carbons (Fsp3) is 0.900. The highest BCUT2D eigenvalue weighted by molar-refractivity contribution is 14.0. The highest BCUT2D eigenvalue weighted by Gasteiger charge is 2.24. The Balaban J connectivity index is 0.00000784. The van der Waals surface area contributed by atoms with Crippen molar-refractivity contribution >= 4 is 36.0 Å². The van der Waals surface area contributed by atoms with Crippen LogP contribution in [-0.2, 0) is 9.47 Å². The van der Waals surface area contributed by atoms with Gasteiger partial charge >= 0.3 is 6.09 Å². The fourth-order valence-corrected chi connectivity index (χ4v) is 3.44. The van der Waals surface area contributed by atoms with Crippen molar-refractivity contribution < 1.29 is 14.3 Å². The second kappa shape index (κ2) is 16.0. The van der Waals surface area contributed by atoms with Gasteiger partial charge in [0.05, 0.1) is 19.8 Å². The van der Waals surface area contributed by atoms with Gasteiger partial charge in [0.15, 0.2) is 5.96 Å². The maximum absolute atomic E-state index is 11.8. The van der Waals surface area contributed by atoms with Crippen molar-refractivity contribution in [3.63, 3.8) is 0 Å². The molecule has 0 aliphatic carbocycles. The third kappa shape index (κ3) is 11.8. The van der Waals surface area contributed by atoms with Crippen LogP contribution < -0.4 is 16.0 Å². The molecule has 0 spiro atoms. The topological polar surface area (TPSA) is 87.2 Å². The van der Waals surface area contributed by atoms with Gasteiger partial charge < -0.3 is 25.4 Å². The van der Waals surface area contributed by atoms with Crippen LogP contribution in [0.5, 0.6) is 0 Å². The van der Waals surface area contributed by atoms with E-state index in [0.717, 1.165) is 45.2 Å². The van der Waals surface area contributed by atoms with Crippen molar-refractivity contribution in [2.45, 2.75) is 53.1 Å². The number of hydrogen-bond acceptors (Lipinski definition) is 5. The molecule has 1 saturated heterocycles. The number of halogens is 1. The minimum Gasteiger partial charge on any atom is -0.450 e. The normalized spacial score (nSPS) is 17.4. The lowest BCUT2D eigenvalue weighted by atomic mass is 10.0. The number of ether oxygens (including phenoxy) is 2. The molecule has 0 bridgehead atoms. The number of nitrogens with one attached hydrogen (secondary N) is 3. The van der Waals surface area contributed by atoms with Gasteiger partial charge in [-0.2, -0.15) is 0 Å². The van der Waals surface area contributed by atoms with Crippen LogP contribution in [0.4, 0.5) is 4.79 Å². The number of carbonyl (C=O) groups is 1. The fourth-order valence-electron chi connectivity index (χ4n) is 3.44. The van der Waals surface area contributed by atoms with E-state index in [9.17, 15) is 4.79 Å². The molecule has 1 aliphatic rings. The molecular weight excluding hydrogens is 485 g/mol. The molecule has 0 saturated carbocycles. The molecule has 3 N–H and O–H groups in total. The zero-order valence-electron chi connectivity index (χ0n) is 19.0. The Kier molecular flexibility index (Phi) is 15.5. The van der Waals surface area contributed by atoms with Crippen molar-refractivity contribution in [3.8, 4) is 0 Å². The van der Waals surface area contributed by atoms with Gasteiger partial charge in [-0.05, 0) is 25.2 Å². The van der Waals surface area contributed by atoms with Crippen LogP contribution in [0.3, 0.4) is 0 Å². The molecule has 0 aromatic carbocycles. The smallest absolute Gasteiger partial charge is 0.407 e. The Morgan fingerprint density at radius 2 is 1.76 bits per heavy atom. The molecule has 1 fully saturated rings. The van der Waals surface area contributed by atoms with Crippen LogP contribution in [0.25, 0.3) is 0 Å². The molecular formula is C20H42IN5O3. The zero-order chi connectivity index (χ0) is 20.9. The van der Waals surface area contributed by atoms with Crippen LogP contribution in [0, 0.1) is 11.8 Å². The summed E-state index contributed by atoms with van der Waals surface area (Å²) < 4.78 is 10.5. The standard InChI is InChI=1S/C20H41N5O3.HI/c1-7-28-20(26)24-17(12-15(2)3)13-22-19(21-6)23-14-18(16(4)5)25-8-10-27-11-9-25;/h15-18H,7-14H2,1-6H3,(H,24,26)(H2,21,22,23);1H. The van der Waals surface area contributed by atoms with Gasteiger partial charge in [-0.1, -0.05) is 27.7 Å². The van der Waals surface area contributed by atoms with E-state index in [4.69, 9.17) is 9.47 Å². The van der Waals surface area contributed by atoms with Crippen molar-refractivity contribution in [2.75, 3.05) is 53.0 Å². The molecule has 29 heavy (non-hydrogen) atoms. The Morgan fingerprint density at radius 3 is 2.28 bits per heavy atom. The molecule has 1 heterocycles. The molecule has 0 aromatic heterocycles. The molecule has 0 radical (unpaired) electrons. The Labute approximate surface area is 194 Å². The van der Waals surface area contributed by atoms with Crippen LogP contribution in [0.1, 0.15) is 41.0 Å². The summed E-state index contributed by atoms with van der Waals surface area (Å²) in [5.41, 5.74) is 0. The van der Waals surface area contributed by atoms with Crippen LogP contribution in [0.2, 0.25) is 0 Å². The minimum absolute atomic E-state index is 0. The monoisotopic (exact) mass is 527 g/mol. The third-order valence-electron chi connectivity index (χ3n) is 4.86. The largest absolute Gasteiger partial charge is 0.450 e. The SMILES string of the molecule is CCOC(=O)NC(CNC(=NC)NCC(C(C)C)N1CCOCC1)CC(C)C.I. The maximum atomic E-state index is 11.8. The summed E-state index contributed by atoms with van der Waals surface area (Å²) in [7, 11) is 1.77. The number of carbonyl (C=O) groups excluding carboxylic acids is 1. The first-order chi connectivity index (χ1) is 13.4. The number of amides is 1. The van der Waals surface area contributed by atoms with Gasteiger partial charge in [0.2, 0.25) is 0 Å². The lowest BCUT2D eigenvalue weighted by Gasteiger charge is -2.37. The lowest BCUT2D eigenvalue weighted by Crippen LogP contribution is -2.53. The first-order valence-electron chi connectivity index (χ1n) is 10.6. The van der Waals surface area contributed by atoms with Gasteiger partial charge in [-0.25, -0.2) is 4.79 Å². The summed E-state index contributed by atoms with van der Waals surface area (Å²) in [5.74, 6) is 1.75. The Morgan fingerprint density at radius 1 is 1.14 bits per heavy atom. The van der Waals surface area contributed by atoms with Gasteiger partial charge in [-0.3, -0.25) is 9.89 Å². The summed E-state index contributed by atoms with van der Waals surface area (Å²) >= 11 is 0. The van der Waals surface area contributed by atoms with Crippen molar-refractivity contribution in [2.24, 2.45) is 16.8 Å². The number of aliphatic imine (C=N–C) groups is 1. The summed E-state index contributed by atoms with van der Waals surface area (Å²) in [6.07, 6.45) is 0.496. The molecule has 1 aliphatic heterocycles. The van der Waals surface area contributed by atoms with E-state index in [0.29, 0.717) is 31.0 Å². The van der Waals surface area contributed by atoms with Crippen molar-refractivity contribution in [1.29, 1.82) is 0 Å². The first kappa shape index (κ1) is 28.2. The van der Waals surface area contributed by atoms with Crippen molar-refractivity contribution in [3.05, 3.63) is 0 Å². The molecule has 1 rings (SSSR count). The van der Waals surface area contributed by atoms with Gasteiger partial charge in [-0.15, -0.1) is 24.0 Å². The Bertz CT molecular complexity index is 471. The number of hydrogen-bond donors (Lipinski definition) is 3. The van der Waals surface area contributed by atoms with E-state index >= 15 is 0 Å².